The van der Waals surface area contributed by atoms with Crippen LogP contribution in [0.4, 0.5) is 0 Å². The van der Waals surface area contributed by atoms with Gasteiger partial charge in [0.1, 0.15) is 0 Å². The van der Waals surface area contributed by atoms with Gasteiger partial charge in [0.05, 0.1) is 6.61 Å². The predicted octanol–water partition coefficient (Wildman–Crippen LogP) is -0.822. The summed E-state index contributed by atoms with van der Waals surface area (Å²) >= 11 is 0. The summed E-state index contributed by atoms with van der Waals surface area (Å²) in [6.07, 6.45) is 1.39. The quantitative estimate of drug-likeness (QED) is 0.412. The average molecular weight is 218 g/mol. The fraction of sp³-hybridized carbons (Fsp3) is 0.889. The number of aliphatic hydroxyl groups is 1. The van der Waals surface area contributed by atoms with Crippen molar-refractivity contribution in [3.8, 4) is 0 Å². The van der Waals surface area contributed by atoms with Crippen molar-refractivity contribution in [2.45, 2.75) is 24.9 Å². The number of carbonyl (C=O) groups is 1. The normalized spacial score (nSPS) is 21.5. The SMILES string of the molecule is NOCCCN1CCC(O)(C(=O)O)CC1. The van der Waals surface area contributed by atoms with Gasteiger partial charge in [-0.1, -0.05) is 0 Å². The summed E-state index contributed by atoms with van der Waals surface area (Å²) in [5, 5.41) is 18.5. The molecule has 4 N–H and O–H groups in total. The van der Waals surface area contributed by atoms with E-state index < -0.39 is 11.6 Å². The van der Waals surface area contributed by atoms with E-state index in [1.54, 1.807) is 0 Å². The van der Waals surface area contributed by atoms with Gasteiger partial charge in [-0.2, -0.15) is 0 Å². The van der Waals surface area contributed by atoms with Crippen LogP contribution in [0.3, 0.4) is 0 Å². The number of rotatable bonds is 5. The molecule has 0 spiro atoms. The largest absolute Gasteiger partial charge is 0.479 e. The average Bonchev–Trinajstić information content (AvgIpc) is 2.21. The Balaban J connectivity index is 2.26. The molecule has 88 valence electrons. The Labute approximate surface area is 88.6 Å². The van der Waals surface area contributed by atoms with Crippen molar-refractivity contribution >= 4 is 5.97 Å². The van der Waals surface area contributed by atoms with E-state index in [1.165, 1.54) is 0 Å². The highest BCUT2D eigenvalue weighted by Gasteiger charge is 2.38. The first-order chi connectivity index (χ1) is 7.08. The third kappa shape index (κ3) is 3.42. The van der Waals surface area contributed by atoms with Crippen molar-refractivity contribution in [3.05, 3.63) is 0 Å². The van der Waals surface area contributed by atoms with Crippen molar-refractivity contribution in [1.82, 2.24) is 4.90 Å². The van der Waals surface area contributed by atoms with E-state index in [2.05, 4.69) is 9.74 Å². The van der Waals surface area contributed by atoms with E-state index in [4.69, 9.17) is 11.0 Å². The summed E-state index contributed by atoms with van der Waals surface area (Å²) in [6.45, 7) is 2.54. The molecule has 0 aromatic heterocycles. The minimum Gasteiger partial charge on any atom is -0.479 e. The molecule has 6 heteroatoms. The van der Waals surface area contributed by atoms with E-state index in [1.807, 2.05) is 0 Å². The van der Waals surface area contributed by atoms with E-state index in [0.717, 1.165) is 13.0 Å². The van der Waals surface area contributed by atoms with Crippen LogP contribution >= 0.6 is 0 Å². The molecule has 0 saturated carbocycles. The fourth-order valence-corrected chi connectivity index (χ4v) is 1.73. The lowest BCUT2D eigenvalue weighted by molar-refractivity contribution is -0.163. The van der Waals surface area contributed by atoms with Crippen molar-refractivity contribution in [3.63, 3.8) is 0 Å². The zero-order valence-electron chi connectivity index (χ0n) is 8.69. The summed E-state index contributed by atoms with van der Waals surface area (Å²) in [7, 11) is 0. The molecule has 1 rings (SSSR count). The number of hydrogen-bond donors (Lipinski definition) is 3. The number of piperidine rings is 1. The van der Waals surface area contributed by atoms with Crippen molar-refractivity contribution in [2.24, 2.45) is 5.90 Å². The van der Waals surface area contributed by atoms with Crippen molar-refractivity contribution in [1.29, 1.82) is 0 Å². The van der Waals surface area contributed by atoms with E-state index in [-0.39, 0.29) is 12.8 Å². The molecule has 0 atom stereocenters. The molecule has 0 radical (unpaired) electrons. The number of likely N-dealkylation sites (tertiary alicyclic amines) is 1. The number of carboxylic acids is 1. The molecule has 0 bridgehead atoms. The third-order valence-corrected chi connectivity index (χ3v) is 2.82. The molecule has 1 aliphatic heterocycles. The molecule has 0 amide bonds. The second-order valence-corrected chi connectivity index (χ2v) is 3.90. The van der Waals surface area contributed by atoms with Gasteiger partial charge in [-0.15, -0.1) is 0 Å². The molecule has 6 nitrogen and oxygen atoms in total. The Bertz CT molecular complexity index is 214. The maximum Gasteiger partial charge on any atom is 0.335 e. The molecule has 0 unspecified atom stereocenters. The van der Waals surface area contributed by atoms with Gasteiger partial charge in [0.15, 0.2) is 5.60 Å². The number of aliphatic carboxylic acids is 1. The summed E-state index contributed by atoms with van der Waals surface area (Å²) in [5.74, 6) is 3.77. The molecule has 15 heavy (non-hydrogen) atoms. The highest BCUT2D eigenvalue weighted by atomic mass is 16.6. The van der Waals surface area contributed by atoms with E-state index in [0.29, 0.717) is 19.7 Å². The van der Waals surface area contributed by atoms with Gasteiger partial charge in [0, 0.05) is 19.6 Å². The molecule has 0 aromatic carbocycles. The van der Waals surface area contributed by atoms with E-state index >= 15 is 0 Å². The molecular weight excluding hydrogens is 200 g/mol. The highest BCUT2D eigenvalue weighted by Crippen LogP contribution is 2.22. The zero-order chi connectivity index (χ0) is 11.3. The lowest BCUT2D eigenvalue weighted by Gasteiger charge is -2.35. The minimum absolute atomic E-state index is 0.284. The fourth-order valence-electron chi connectivity index (χ4n) is 1.73. The van der Waals surface area contributed by atoms with Gasteiger partial charge in [0.25, 0.3) is 0 Å². The van der Waals surface area contributed by atoms with Crippen LogP contribution in [0.1, 0.15) is 19.3 Å². The Kier molecular flexibility index (Phi) is 4.46. The Morgan fingerprint density at radius 2 is 2.07 bits per heavy atom. The second-order valence-electron chi connectivity index (χ2n) is 3.90. The molecule has 1 aliphatic rings. The van der Waals surface area contributed by atoms with Crippen LogP contribution in [-0.2, 0) is 9.63 Å². The lowest BCUT2D eigenvalue weighted by atomic mass is 9.91. The van der Waals surface area contributed by atoms with Crippen LogP contribution in [0, 0.1) is 0 Å². The Hall–Kier alpha value is -0.690. The first kappa shape index (κ1) is 12.4. The molecule has 0 aromatic rings. The first-order valence-corrected chi connectivity index (χ1v) is 5.08. The Morgan fingerprint density at radius 3 is 2.53 bits per heavy atom. The van der Waals surface area contributed by atoms with Gasteiger partial charge in [0.2, 0.25) is 0 Å². The van der Waals surface area contributed by atoms with E-state index in [9.17, 15) is 9.90 Å². The van der Waals surface area contributed by atoms with Crippen LogP contribution in [0.2, 0.25) is 0 Å². The molecular formula is C9H18N2O4. The monoisotopic (exact) mass is 218 g/mol. The van der Waals surface area contributed by atoms with Gasteiger partial charge in [-0.3, -0.25) is 0 Å². The number of carboxylic acid groups (broad SMARTS) is 1. The third-order valence-electron chi connectivity index (χ3n) is 2.82. The second kappa shape index (κ2) is 5.41. The minimum atomic E-state index is -1.53. The predicted molar refractivity (Wildman–Crippen MR) is 53.0 cm³/mol. The smallest absolute Gasteiger partial charge is 0.335 e. The summed E-state index contributed by atoms with van der Waals surface area (Å²) in [5.41, 5.74) is -1.53. The summed E-state index contributed by atoms with van der Waals surface area (Å²) < 4.78 is 0. The topological polar surface area (TPSA) is 96.0 Å². The standard InChI is InChI=1S/C9H18N2O4/c10-15-7-1-4-11-5-2-9(14,3-6-11)8(12)13/h14H,1-7,10H2,(H,12,13). The maximum atomic E-state index is 10.7. The number of nitrogens with two attached hydrogens (primary N) is 1. The summed E-state index contributed by atoms with van der Waals surface area (Å²) in [4.78, 5) is 17.3. The molecule has 0 aliphatic carbocycles. The van der Waals surface area contributed by atoms with Crippen LogP contribution in [0.25, 0.3) is 0 Å². The van der Waals surface area contributed by atoms with Crippen molar-refractivity contribution in [2.75, 3.05) is 26.2 Å². The van der Waals surface area contributed by atoms with Gasteiger partial charge < -0.3 is 20.0 Å². The molecule has 1 saturated heterocycles. The molecule has 1 heterocycles. The maximum absolute atomic E-state index is 10.7. The van der Waals surface area contributed by atoms with Crippen molar-refractivity contribution < 1.29 is 19.8 Å². The van der Waals surface area contributed by atoms with Crippen LogP contribution < -0.4 is 5.90 Å². The Morgan fingerprint density at radius 1 is 1.47 bits per heavy atom. The highest BCUT2D eigenvalue weighted by molar-refractivity contribution is 5.77. The molecule has 1 fully saturated rings. The number of nitrogens with zero attached hydrogens (tertiary/aromatic N) is 1. The van der Waals surface area contributed by atoms with Gasteiger partial charge in [-0.05, 0) is 19.3 Å². The van der Waals surface area contributed by atoms with Crippen LogP contribution in [-0.4, -0.2) is 52.9 Å². The number of hydrogen-bond acceptors (Lipinski definition) is 5. The summed E-state index contributed by atoms with van der Waals surface area (Å²) in [6, 6.07) is 0. The van der Waals surface area contributed by atoms with Crippen LogP contribution in [0.15, 0.2) is 0 Å². The zero-order valence-corrected chi connectivity index (χ0v) is 8.69. The first-order valence-electron chi connectivity index (χ1n) is 5.08. The van der Waals surface area contributed by atoms with Gasteiger partial charge in [-0.25, -0.2) is 10.7 Å². The van der Waals surface area contributed by atoms with Gasteiger partial charge >= 0.3 is 5.97 Å². The van der Waals surface area contributed by atoms with Crippen LogP contribution in [0.5, 0.6) is 0 Å². The lowest BCUT2D eigenvalue weighted by Crippen LogP contribution is -2.49.